The molecule has 2 fully saturated rings. The van der Waals surface area contributed by atoms with Crippen molar-refractivity contribution in [1.82, 2.24) is 0 Å². The van der Waals surface area contributed by atoms with E-state index in [4.69, 9.17) is 5.11 Å². The van der Waals surface area contributed by atoms with Gasteiger partial charge in [0, 0.05) is 0 Å². The van der Waals surface area contributed by atoms with Crippen LogP contribution in [0.25, 0.3) is 0 Å². The van der Waals surface area contributed by atoms with Crippen LogP contribution < -0.4 is 0 Å². The summed E-state index contributed by atoms with van der Waals surface area (Å²) in [5.41, 5.74) is 0.789. The smallest absolute Gasteiger partial charge is 0.306 e. The number of carboxylic acid groups (broad SMARTS) is 1. The third kappa shape index (κ3) is 1.42. The van der Waals surface area contributed by atoms with Gasteiger partial charge in [0.15, 0.2) is 0 Å². The van der Waals surface area contributed by atoms with Gasteiger partial charge in [-0.05, 0) is 48.3 Å². The van der Waals surface area contributed by atoms with E-state index in [1.165, 1.54) is 19.3 Å². The highest BCUT2D eigenvalue weighted by Gasteiger charge is 2.60. The number of carbonyl (C=O) groups is 1. The van der Waals surface area contributed by atoms with Crippen molar-refractivity contribution in [3.05, 3.63) is 0 Å². The van der Waals surface area contributed by atoms with Crippen LogP contribution >= 0.6 is 0 Å². The molecule has 2 heteroatoms. The van der Waals surface area contributed by atoms with E-state index in [1.807, 2.05) is 6.92 Å². The maximum absolute atomic E-state index is 11.0. The second-order valence-corrected chi connectivity index (χ2v) is 6.78. The monoisotopic (exact) mass is 224 g/mol. The molecule has 1 unspecified atom stereocenters. The molecule has 2 rings (SSSR count). The van der Waals surface area contributed by atoms with Gasteiger partial charge in [-0.15, -0.1) is 0 Å². The van der Waals surface area contributed by atoms with Gasteiger partial charge in [-0.2, -0.15) is 0 Å². The molecule has 92 valence electrons. The Bertz CT molecular complexity index is 308. The molecule has 0 saturated heterocycles. The van der Waals surface area contributed by atoms with Gasteiger partial charge in [-0.25, -0.2) is 0 Å². The van der Waals surface area contributed by atoms with Crippen LogP contribution in [0.4, 0.5) is 0 Å². The molecule has 2 bridgehead atoms. The zero-order valence-corrected chi connectivity index (χ0v) is 10.9. The molecule has 0 heterocycles. The molecule has 1 N–H and O–H groups in total. The van der Waals surface area contributed by atoms with Crippen LogP contribution in [0, 0.1) is 28.6 Å². The Kier molecular flexibility index (Phi) is 2.60. The lowest BCUT2D eigenvalue weighted by molar-refractivity contribution is -0.142. The van der Waals surface area contributed by atoms with Crippen molar-refractivity contribution in [2.75, 3.05) is 0 Å². The minimum Gasteiger partial charge on any atom is -0.481 e. The number of rotatable bonds is 3. The molecule has 2 aliphatic carbocycles. The Morgan fingerprint density at radius 2 is 2.06 bits per heavy atom. The third-order valence-corrected chi connectivity index (χ3v) is 6.03. The Hall–Kier alpha value is -0.530. The molecule has 0 aliphatic heterocycles. The van der Waals surface area contributed by atoms with E-state index in [9.17, 15) is 4.79 Å². The lowest BCUT2D eigenvalue weighted by atomic mass is 9.65. The summed E-state index contributed by atoms with van der Waals surface area (Å²) in [4.78, 5) is 11.0. The lowest BCUT2D eigenvalue weighted by Crippen LogP contribution is -2.33. The first kappa shape index (κ1) is 11.9. The standard InChI is InChI=1S/C14H24O2/c1-9(12(15)16)7-11-8-10-5-6-14(11,4)13(10,2)3/h9-11H,5-8H2,1-4H3,(H,15,16)/t9?,10-,11+,14-/m1/s1. The summed E-state index contributed by atoms with van der Waals surface area (Å²) in [5, 5.41) is 9.03. The van der Waals surface area contributed by atoms with Gasteiger partial charge in [0.25, 0.3) is 0 Å². The van der Waals surface area contributed by atoms with Crippen LogP contribution in [0.5, 0.6) is 0 Å². The fraction of sp³-hybridized carbons (Fsp3) is 0.929. The molecule has 16 heavy (non-hydrogen) atoms. The fourth-order valence-electron chi connectivity index (χ4n) is 4.25. The molecule has 0 aromatic carbocycles. The first-order valence-electron chi connectivity index (χ1n) is 6.52. The van der Waals surface area contributed by atoms with E-state index in [-0.39, 0.29) is 5.92 Å². The van der Waals surface area contributed by atoms with Crippen LogP contribution in [0.2, 0.25) is 0 Å². The first-order chi connectivity index (χ1) is 7.29. The van der Waals surface area contributed by atoms with E-state index in [0.717, 1.165) is 12.3 Å². The number of carboxylic acids is 1. The van der Waals surface area contributed by atoms with Crippen LogP contribution in [-0.2, 0) is 4.79 Å². The minimum absolute atomic E-state index is 0.183. The number of hydrogen-bond acceptors (Lipinski definition) is 1. The predicted molar refractivity (Wildman–Crippen MR) is 64.1 cm³/mol. The van der Waals surface area contributed by atoms with Gasteiger partial charge in [-0.1, -0.05) is 27.7 Å². The van der Waals surface area contributed by atoms with Crippen molar-refractivity contribution in [3.8, 4) is 0 Å². The van der Waals surface area contributed by atoms with E-state index < -0.39 is 5.97 Å². The van der Waals surface area contributed by atoms with Gasteiger partial charge < -0.3 is 5.11 Å². The zero-order valence-electron chi connectivity index (χ0n) is 10.9. The van der Waals surface area contributed by atoms with Crippen molar-refractivity contribution >= 4 is 5.97 Å². The highest BCUT2D eigenvalue weighted by molar-refractivity contribution is 5.69. The number of aliphatic carboxylic acids is 1. The van der Waals surface area contributed by atoms with Gasteiger partial charge >= 0.3 is 5.97 Å². The van der Waals surface area contributed by atoms with Crippen LogP contribution in [0.3, 0.4) is 0 Å². The molecular weight excluding hydrogens is 200 g/mol. The van der Waals surface area contributed by atoms with Crippen molar-refractivity contribution < 1.29 is 9.90 Å². The average Bonchev–Trinajstić information content (AvgIpc) is 2.50. The van der Waals surface area contributed by atoms with Crippen LogP contribution in [0.1, 0.15) is 53.4 Å². The Balaban J connectivity index is 2.13. The fourth-order valence-corrected chi connectivity index (χ4v) is 4.25. The molecule has 4 atom stereocenters. The summed E-state index contributed by atoms with van der Waals surface area (Å²) in [7, 11) is 0. The highest BCUT2D eigenvalue weighted by atomic mass is 16.4. The minimum atomic E-state index is -0.635. The summed E-state index contributed by atoms with van der Waals surface area (Å²) >= 11 is 0. The third-order valence-electron chi connectivity index (χ3n) is 6.03. The van der Waals surface area contributed by atoms with E-state index in [0.29, 0.717) is 16.7 Å². The molecule has 0 aromatic rings. The maximum Gasteiger partial charge on any atom is 0.306 e. The summed E-state index contributed by atoms with van der Waals surface area (Å²) in [5.74, 6) is 0.622. The topological polar surface area (TPSA) is 37.3 Å². The predicted octanol–water partition coefficient (Wildman–Crippen LogP) is 3.56. The van der Waals surface area contributed by atoms with Crippen LogP contribution in [0.15, 0.2) is 0 Å². The molecule has 0 amide bonds. The Morgan fingerprint density at radius 1 is 1.44 bits per heavy atom. The van der Waals surface area contributed by atoms with Gasteiger partial charge in [0.2, 0.25) is 0 Å². The highest BCUT2D eigenvalue weighted by Crippen LogP contribution is 2.69. The van der Waals surface area contributed by atoms with Crippen molar-refractivity contribution in [3.63, 3.8) is 0 Å². The van der Waals surface area contributed by atoms with Gasteiger partial charge in [-0.3, -0.25) is 4.79 Å². The Morgan fingerprint density at radius 3 is 2.44 bits per heavy atom. The van der Waals surface area contributed by atoms with E-state index in [2.05, 4.69) is 20.8 Å². The van der Waals surface area contributed by atoms with E-state index in [1.54, 1.807) is 0 Å². The SMILES string of the molecule is CC(C[C@H]1C[C@H]2CC[C@@]1(C)C2(C)C)C(=O)O. The van der Waals surface area contributed by atoms with Crippen molar-refractivity contribution in [2.24, 2.45) is 28.6 Å². The largest absolute Gasteiger partial charge is 0.481 e. The van der Waals surface area contributed by atoms with Crippen molar-refractivity contribution in [2.45, 2.75) is 53.4 Å². The van der Waals surface area contributed by atoms with E-state index >= 15 is 0 Å². The molecular formula is C14H24O2. The number of fused-ring (bicyclic) bond motifs is 2. The van der Waals surface area contributed by atoms with Gasteiger partial charge in [0.1, 0.15) is 0 Å². The molecule has 0 radical (unpaired) electrons. The Labute approximate surface area is 98.4 Å². The number of hydrogen-bond donors (Lipinski definition) is 1. The molecule has 2 aliphatic rings. The first-order valence-corrected chi connectivity index (χ1v) is 6.52. The second kappa shape index (κ2) is 3.48. The maximum atomic E-state index is 11.0. The van der Waals surface area contributed by atoms with Crippen LogP contribution in [-0.4, -0.2) is 11.1 Å². The normalized spacial score (nSPS) is 42.2. The second-order valence-electron chi connectivity index (χ2n) is 6.78. The van der Waals surface area contributed by atoms with Crippen molar-refractivity contribution in [1.29, 1.82) is 0 Å². The lowest BCUT2D eigenvalue weighted by Gasteiger charge is -2.40. The summed E-state index contributed by atoms with van der Waals surface area (Å²) < 4.78 is 0. The summed E-state index contributed by atoms with van der Waals surface area (Å²) in [6.45, 7) is 9.01. The van der Waals surface area contributed by atoms with Gasteiger partial charge in [0.05, 0.1) is 5.92 Å². The zero-order chi connectivity index (χ0) is 12.1. The summed E-state index contributed by atoms with van der Waals surface area (Å²) in [6.07, 6.45) is 4.76. The molecule has 0 spiro atoms. The molecule has 0 aromatic heterocycles. The average molecular weight is 224 g/mol. The molecule has 2 saturated carbocycles. The molecule has 2 nitrogen and oxygen atoms in total. The quantitative estimate of drug-likeness (QED) is 0.796. The summed E-state index contributed by atoms with van der Waals surface area (Å²) in [6, 6.07) is 0.